The number of Topliss-reactive ketones (excluding diaryl/α,β-unsaturated/α-hetero) is 1. The monoisotopic (exact) mass is 323 g/mol. The molecule has 0 fully saturated rings. The van der Waals surface area contributed by atoms with Gasteiger partial charge in [0.15, 0.2) is 5.78 Å². The standard InChI is InChI=1S/C16H25N3O4/c1-9-12(10(2)17-13(9)14(21)23-7)11(20)8-19(6)15(22)18-16(3,4)5/h17H,8H2,1-7H3,(H,18,22). The highest BCUT2D eigenvalue weighted by atomic mass is 16.5. The third kappa shape index (κ3) is 4.58. The van der Waals surface area contributed by atoms with Crippen molar-refractivity contribution in [3.05, 3.63) is 22.5 Å². The molecule has 1 aromatic rings. The fourth-order valence-corrected chi connectivity index (χ4v) is 2.26. The highest BCUT2D eigenvalue weighted by molar-refractivity contribution is 6.04. The van der Waals surface area contributed by atoms with Crippen LogP contribution in [0.4, 0.5) is 4.79 Å². The van der Waals surface area contributed by atoms with E-state index < -0.39 is 5.97 Å². The lowest BCUT2D eigenvalue weighted by atomic mass is 10.1. The molecule has 2 amide bonds. The minimum Gasteiger partial charge on any atom is -0.464 e. The first-order valence-electron chi connectivity index (χ1n) is 7.32. The highest BCUT2D eigenvalue weighted by Gasteiger charge is 2.25. The fourth-order valence-electron chi connectivity index (χ4n) is 2.26. The van der Waals surface area contributed by atoms with Gasteiger partial charge in [-0.15, -0.1) is 0 Å². The minimum atomic E-state index is -0.525. The first-order chi connectivity index (χ1) is 10.5. The van der Waals surface area contributed by atoms with Crippen LogP contribution in [0.15, 0.2) is 0 Å². The van der Waals surface area contributed by atoms with Gasteiger partial charge < -0.3 is 19.9 Å². The predicted molar refractivity (Wildman–Crippen MR) is 86.9 cm³/mol. The summed E-state index contributed by atoms with van der Waals surface area (Å²) in [6.45, 7) is 8.90. The van der Waals surface area contributed by atoms with E-state index in [1.807, 2.05) is 20.8 Å². The lowest BCUT2D eigenvalue weighted by molar-refractivity contribution is 0.0593. The van der Waals surface area contributed by atoms with E-state index in [2.05, 4.69) is 15.0 Å². The van der Waals surface area contributed by atoms with Crippen LogP contribution in [-0.2, 0) is 4.74 Å². The molecule has 0 bridgehead atoms. The smallest absolute Gasteiger partial charge is 0.354 e. The number of esters is 1. The first-order valence-corrected chi connectivity index (χ1v) is 7.32. The molecule has 1 rings (SSSR count). The van der Waals surface area contributed by atoms with Crippen LogP contribution in [0.3, 0.4) is 0 Å². The summed E-state index contributed by atoms with van der Waals surface area (Å²) in [5.74, 6) is -0.763. The number of urea groups is 1. The van der Waals surface area contributed by atoms with E-state index in [4.69, 9.17) is 0 Å². The van der Waals surface area contributed by atoms with Crippen molar-refractivity contribution in [2.45, 2.75) is 40.2 Å². The second-order valence-corrected chi connectivity index (χ2v) is 6.58. The van der Waals surface area contributed by atoms with E-state index in [9.17, 15) is 14.4 Å². The van der Waals surface area contributed by atoms with Crippen molar-refractivity contribution in [1.82, 2.24) is 15.2 Å². The number of carbonyl (C=O) groups excluding carboxylic acids is 3. The molecule has 23 heavy (non-hydrogen) atoms. The number of aryl methyl sites for hydroxylation is 1. The molecule has 0 aliphatic carbocycles. The van der Waals surface area contributed by atoms with Crippen molar-refractivity contribution >= 4 is 17.8 Å². The number of H-pyrrole nitrogens is 1. The molecule has 7 nitrogen and oxygen atoms in total. The normalized spacial score (nSPS) is 11.1. The van der Waals surface area contributed by atoms with Gasteiger partial charge in [-0.05, 0) is 40.2 Å². The summed E-state index contributed by atoms with van der Waals surface area (Å²) in [6.07, 6.45) is 0. The van der Waals surface area contributed by atoms with Gasteiger partial charge in [-0.3, -0.25) is 4.79 Å². The summed E-state index contributed by atoms with van der Waals surface area (Å²) >= 11 is 0. The Morgan fingerprint density at radius 3 is 2.26 bits per heavy atom. The Bertz CT molecular complexity index is 626. The Morgan fingerprint density at radius 1 is 1.22 bits per heavy atom. The zero-order valence-electron chi connectivity index (χ0n) is 14.8. The van der Waals surface area contributed by atoms with Crippen LogP contribution in [0.1, 0.15) is 52.9 Å². The number of ketones is 1. The Hall–Kier alpha value is -2.31. The highest BCUT2D eigenvalue weighted by Crippen LogP contribution is 2.19. The Morgan fingerprint density at radius 2 is 1.78 bits per heavy atom. The van der Waals surface area contributed by atoms with Gasteiger partial charge in [-0.2, -0.15) is 0 Å². The molecule has 7 heteroatoms. The zero-order valence-corrected chi connectivity index (χ0v) is 14.8. The molecule has 0 saturated heterocycles. The van der Waals surface area contributed by atoms with Gasteiger partial charge >= 0.3 is 12.0 Å². The maximum absolute atomic E-state index is 12.5. The van der Waals surface area contributed by atoms with Crippen LogP contribution < -0.4 is 5.32 Å². The van der Waals surface area contributed by atoms with Gasteiger partial charge in [0.2, 0.25) is 0 Å². The van der Waals surface area contributed by atoms with E-state index in [-0.39, 0.29) is 29.6 Å². The topological polar surface area (TPSA) is 91.5 Å². The molecule has 0 unspecified atom stereocenters. The molecule has 0 radical (unpaired) electrons. The van der Waals surface area contributed by atoms with E-state index in [1.165, 1.54) is 12.0 Å². The second-order valence-electron chi connectivity index (χ2n) is 6.58. The second kappa shape index (κ2) is 6.85. The zero-order chi connectivity index (χ0) is 17.9. The molecule has 0 atom stereocenters. The van der Waals surface area contributed by atoms with Crippen LogP contribution in [0.5, 0.6) is 0 Å². The Kier molecular flexibility index (Phi) is 5.58. The van der Waals surface area contributed by atoms with Crippen LogP contribution in [-0.4, -0.2) is 53.9 Å². The first kappa shape index (κ1) is 18.7. The summed E-state index contributed by atoms with van der Waals surface area (Å²) in [7, 11) is 2.83. The lowest BCUT2D eigenvalue weighted by Gasteiger charge is -2.25. The number of hydrogen-bond acceptors (Lipinski definition) is 4. The van der Waals surface area contributed by atoms with Crippen molar-refractivity contribution in [2.75, 3.05) is 20.7 Å². The molecule has 0 saturated carbocycles. The SMILES string of the molecule is COC(=O)c1[nH]c(C)c(C(=O)CN(C)C(=O)NC(C)(C)C)c1C. The largest absolute Gasteiger partial charge is 0.464 e. The number of ether oxygens (including phenoxy) is 1. The molecule has 0 aliphatic heterocycles. The number of aromatic nitrogens is 1. The average Bonchev–Trinajstić information content (AvgIpc) is 2.71. The number of rotatable bonds is 4. The maximum Gasteiger partial charge on any atom is 0.354 e. The van der Waals surface area contributed by atoms with E-state index in [0.29, 0.717) is 16.8 Å². The Balaban J connectivity index is 2.93. The van der Waals surface area contributed by atoms with Crippen LogP contribution >= 0.6 is 0 Å². The van der Waals surface area contributed by atoms with Gasteiger partial charge in [0.1, 0.15) is 5.69 Å². The van der Waals surface area contributed by atoms with Crippen molar-refractivity contribution in [2.24, 2.45) is 0 Å². The fraction of sp³-hybridized carbons (Fsp3) is 0.562. The van der Waals surface area contributed by atoms with E-state index in [0.717, 1.165) is 0 Å². The quantitative estimate of drug-likeness (QED) is 0.655. The number of likely N-dealkylation sites (N-methyl/N-ethyl adjacent to an activating group) is 1. The van der Waals surface area contributed by atoms with Gasteiger partial charge in [-0.25, -0.2) is 9.59 Å². The molecule has 0 aromatic carbocycles. The summed E-state index contributed by atoms with van der Waals surface area (Å²) in [5, 5.41) is 2.79. The van der Waals surface area contributed by atoms with Gasteiger partial charge in [0.25, 0.3) is 0 Å². The van der Waals surface area contributed by atoms with Gasteiger partial charge in [0, 0.05) is 23.8 Å². The van der Waals surface area contributed by atoms with E-state index >= 15 is 0 Å². The Labute approximate surface area is 136 Å². The third-order valence-corrected chi connectivity index (χ3v) is 3.32. The molecule has 128 valence electrons. The third-order valence-electron chi connectivity index (χ3n) is 3.32. The summed E-state index contributed by atoms with van der Waals surface area (Å²) in [4.78, 5) is 40.4. The maximum atomic E-state index is 12.5. The number of hydrogen-bond donors (Lipinski definition) is 2. The number of methoxy groups -OCH3 is 1. The number of carbonyl (C=O) groups is 3. The predicted octanol–water partition coefficient (Wildman–Crippen LogP) is 2.04. The van der Waals surface area contributed by atoms with Gasteiger partial charge in [0.05, 0.1) is 13.7 Å². The molecule has 2 N–H and O–H groups in total. The summed E-state index contributed by atoms with van der Waals surface area (Å²) in [5.41, 5.74) is 1.41. The molecular weight excluding hydrogens is 298 g/mol. The number of nitrogens with one attached hydrogen (secondary N) is 2. The molecule has 0 aliphatic rings. The molecule has 1 heterocycles. The minimum absolute atomic E-state index is 0.0813. The van der Waals surface area contributed by atoms with Crippen LogP contribution in [0.2, 0.25) is 0 Å². The van der Waals surface area contributed by atoms with Gasteiger partial charge in [-0.1, -0.05) is 0 Å². The summed E-state index contributed by atoms with van der Waals surface area (Å²) in [6, 6.07) is -0.329. The number of nitrogens with zero attached hydrogens (tertiary/aromatic N) is 1. The van der Waals surface area contributed by atoms with Crippen molar-refractivity contribution in [1.29, 1.82) is 0 Å². The molecule has 0 spiro atoms. The average molecular weight is 323 g/mol. The van der Waals surface area contributed by atoms with Crippen LogP contribution in [0, 0.1) is 13.8 Å². The number of amides is 2. The molecular formula is C16H25N3O4. The summed E-state index contributed by atoms with van der Waals surface area (Å²) < 4.78 is 4.68. The lowest BCUT2D eigenvalue weighted by Crippen LogP contribution is -2.48. The van der Waals surface area contributed by atoms with Crippen molar-refractivity contribution in [3.8, 4) is 0 Å². The van der Waals surface area contributed by atoms with Crippen LogP contribution in [0.25, 0.3) is 0 Å². The van der Waals surface area contributed by atoms with Crippen molar-refractivity contribution < 1.29 is 19.1 Å². The van der Waals surface area contributed by atoms with Crippen molar-refractivity contribution in [3.63, 3.8) is 0 Å². The van der Waals surface area contributed by atoms with E-state index in [1.54, 1.807) is 20.9 Å². The molecule has 1 aromatic heterocycles. The number of aromatic amines is 1.